The Balaban J connectivity index is 2.35. The van der Waals surface area contributed by atoms with Crippen LogP contribution in [0.5, 0.6) is 0 Å². The molecule has 0 saturated heterocycles. The Morgan fingerprint density at radius 3 is 2.75 bits per heavy atom. The topological polar surface area (TPSA) is 17.8 Å². The average molecular weight is 374 g/mol. The van der Waals surface area contributed by atoms with Crippen LogP contribution in [-0.2, 0) is 5.88 Å². The Bertz CT molecular complexity index is 801. The SMILES string of the molecule is Fc1cc2nc(CCl)n(-c3cccc(Cl)c3)c2cc1Br. The minimum absolute atomic E-state index is 0.223. The van der Waals surface area contributed by atoms with E-state index in [-0.39, 0.29) is 11.7 Å². The van der Waals surface area contributed by atoms with E-state index in [1.165, 1.54) is 6.07 Å². The molecule has 0 aliphatic heterocycles. The predicted molar refractivity (Wildman–Crippen MR) is 83.3 cm³/mol. The number of fused-ring (bicyclic) bond motifs is 1. The fraction of sp³-hybridized carbons (Fsp3) is 0.0714. The van der Waals surface area contributed by atoms with E-state index in [9.17, 15) is 4.39 Å². The molecular weight excluding hydrogens is 366 g/mol. The van der Waals surface area contributed by atoms with Crippen molar-refractivity contribution in [2.24, 2.45) is 0 Å². The molecule has 0 amide bonds. The molecule has 0 aliphatic carbocycles. The monoisotopic (exact) mass is 372 g/mol. The lowest BCUT2D eigenvalue weighted by Crippen LogP contribution is -1.99. The zero-order valence-corrected chi connectivity index (χ0v) is 13.2. The molecule has 0 bridgehead atoms. The molecule has 2 nitrogen and oxygen atoms in total. The lowest BCUT2D eigenvalue weighted by atomic mass is 10.2. The standard InChI is InChI=1S/C14H8BrCl2FN2/c15-10-5-13-12(6-11(10)18)19-14(7-16)20(13)9-3-1-2-8(17)4-9/h1-6H,7H2. The van der Waals surface area contributed by atoms with E-state index in [1.54, 1.807) is 12.1 Å². The van der Waals surface area contributed by atoms with Crippen LogP contribution in [0, 0.1) is 5.82 Å². The molecule has 0 radical (unpaired) electrons. The number of halogens is 4. The van der Waals surface area contributed by atoms with Gasteiger partial charge in [0.15, 0.2) is 0 Å². The zero-order chi connectivity index (χ0) is 14.3. The summed E-state index contributed by atoms with van der Waals surface area (Å²) in [6.07, 6.45) is 0. The van der Waals surface area contributed by atoms with Crippen molar-refractivity contribution in [1.82, 2.24) is 9.55 Å². The van der Waals surface area contributed by atoms with Crippen LogP contribution in [0.4, 0.5) is 4.39 Å². The number of nitrogens with zero attached hydrogens (tertiary/aromatic N) is 2. The first kappa shape index (κ1) is 13.9. The van der Waals surface area contributed by atoms with Gasteiger partial charge in [0.25, 0.3) is 0 Å². The second-order valence-electron chi connectivity index (χ2n) is 4.23. The summed E-state index contributed by atoms with van der Waals surface area (Å²) in [7, 11) is 0. The molecule has 0 aliphatic rings. The molecule has 2 aromatic carbocycles. The molecule has 1 heterocycles. The molecule has 0 unspecified atom stereocenters. The molecule has 0 spiro atoms. The number of hydrogen-bond donors (Lipinski definition) is 0. The van der Waals surface area contributed by atoms with Crippen LogP contribution in [0.2, 0.25) is 5.02 Å². The Labute approximate surface area is 133 Å². The molecule has 1 aromatic heterocycles. The van der Waals surface area contributed by atoms with Crippen LogP contribution >= 0.6 is 39.1 Å². The summed E-state index contributed by atoms with van der Waals surface area (Å²) in [4.78, 5) is 4.37. The Kier molecular flexibility index (Phi) is 3.71. The van der Waals surface area contributed by atoms with Crippen molar-refractivity contribution in [2.75, 3.05) is 0 Å². The molecule has 102 valence electrons. The normalized spacial score (nSPS) is 11.2. The number of benzene rings is 2. The average Bonchev–Trinajstić information content (AvgIpc) is 2.77. The third-order valence-electron chi connectivity index (χ3n) is 2.95. The van der Waals surface area contributed by atoms with Gasteiger partial charge in [-0.2, -0.15) is 0 Å². The van der Waals surface area contributed by atoms with E-state index >= 15 is 0 Å². The summed E-state index contributed by atoms with van der Waals surface area (Å²) in [5.74, 6) is 0.510. The van der Waals surface area contributed by atoms with E-state index in [4.69, 9.17) is 23.2 Å². The molecule has 0 atom stereocenters. The fourth-order valence-corrected chi connectivity index (χ4v) is 2.81. The maximum Gasteiger partial charge on any atom is 0.139 e. The van der Waals surface area contributed by atoms with Crippen molar-refractivity contribution in [2.45, 2.75) is 5.88 Å². The van der Waals surface area contributed by atoms with Gasteiger partial charge in [-0.1, -0.05) is 17.7 Å². The van der Waals surface area contributed by atoms with Gasteiger partial charge in [0.05, 0.1) is 21.4 Å². The van der Waals surface area contributed by atoms with Crippen LogP contribution < -0.4 is 0 Å². The summed E-state index contributed by atoms with van der Waals surface area (Å²) in [6.45, 7) is 0. The van der Waals surface area contributed by atoms with Gasteiger partial charge in [0.2, 0.25) is 0 Å². The molecule has 0 fully saturated rings. The number of aromatic nitrogens is 2. The largest absolute Gasteiger partial charge is 0.295 e. The number of rotatable bonds is 2. The van der Waals surface area contributed by atoms with Gasteiger partial charge < -0.3 is 0 Å². The van der Waals surface area contributed by atoms with Crippen molar-refractivity contribution < 1.29 is 4.39 Å². The van der Waals surface area contributed by atoms with Gasteiger partial charge in [0.1, 0.15) is 11.6 Å². The van der Waals surface area contributed by atoms with Gasteiger partial charge in [-0.3, -0.25) is 4.57 Å². The molecule has 6 heteroatoms. The Morgan fingerprint density at radius 2 is 2.05 bits per heavy atom. The Hall–Kier alpha value is -1.10. The second-order valence-corrected chi connectivity index (χ2v) is 5.79. The lowest BCUT2D eigenvalue weighted by Gasteiger charge is -2.08. The van der Waals surface area contributed by atoms with Crippen molar-refractivity contribution in [3.8, 4) is 5.69 Å². The summed E-state index contributed by atoms with van der Waals surface area (Å²) in [5.41, 5.74) is 2.17. The number of alkyl halides is 1. The number of hydrogen-bond acceptors (Lipinski definition) is 1. The van der Waals surface area contributed by atoms with Crippen LogP contribution in [0.3, 0.4) is 0 Å². The van der Waals surface area contributed by atoms with Crippen LogP contribution in [0.15, 0.2) is 40.9 Å². The van der Waals surface area contributed by atoms with Crippen LogP contribution in [0.25, 0.3) is 16.7 Å². The summed E-state index contributed by atoms with van der Waals surface area (Å²) in [6, 6.07) is 10.4. The van der Waals surface area contributed by atoms with Crippen LogP contribution in [-0.4, -0.2) is 9.55 Å². The van der Waals surface area contributed by atoms with E-state index in [1.807, 2.05) is 22.8 Å². The molecule has 0 saturated carbocycles. The van der Waals surface area contributed by atoms with E-state index in [0.717, 1.165) is 11.2 Å². The third-order valence-corrected chi connectivity index (χ3v) is 4.03. The van der Waals surface area contributed by atoms with Gasteiger partial charge in [-0.15, -0.1) is 11.6 Å². The first-order valence-electron chi connectivity index (χ1n) is 5.78. The lowest BCUT2D eigenvalue weighted by molar-refractivity contribution is 0.623. The molecule has 3 aromatic rings. The highest BCUT2D eigenvalue weighted by atomic mass is 79.9. The van der Waals surface area contributed by atoms with Crippen molar-refractivity contribution in [3.63, 3.8) is 0 Å². The van der Waals surface area contributed by atoms with Gasteiger partial charge >= 0.3 is 0 Å². The predicted octanol–water partition coefficient (Wildman–Crippen LogP) is 5.32. The van der Waals surface area contributed by atoms with Crippen molar-refractivity contribution >= 4 is 50.2 Å². The second kappa shape index (κ2) is 5.35. The minimum Gasteiger partial charge on any atom is -0.295 e. The smallest absolute Gasteiger partial charge is 0.139 e. The van der Waals surface area contributed by atoms with E-state index in [2.05, 4.69) is 20.9 Å². The fourth-order valence-electron chi connectivity index (χ4n) is 2.12. The number of imidazole rings is 1. The Morgan fingerprint density at radius 1 is 1.25 bits per heavy atom. The zero-order valence-electron chi connectivity index (χ0n) is 10.1. The minimum atomic E-state index is -0.352. The van der Waals surface area contributed by atoms with Crippen LogP contribution in [0.1, 0.15) is 5.82 Å². The summed E-state index contributed by atoms with van der Waals surface area (Å²) < 4.78 is 15.9. The highest BCUT2D eigenvalue weighted by Crippen LogP contribution is 2.28. The molecule has 0 N–H and O–H groups in total. The van der Waals surface area contributed by atoms with Crippen molar-refractivity contribution in [3.05, 3.63) is 57.5 Å². The van der Waals surface area contributed by atoms with Gasteiger partial charge in [0, 0.05) is 16.8 Å². The third kappa shape index (κ3) is 2.32. The summed E-state index contributed by atoms with van der Waals surface area (Å²) in [5, 5.41) is 0.617. The maximum absolute atomic E-state index is 13.6. The first-order valence-corrected chi connectivity index (χ1v) is 7.49. The van der Waals surface area contributed by atoms with Gasteiger partial charge in [-0.05, 0) is 40.2 Å². The molecular formula is C14H8BrCl2FN2. The quantitative estimate of drug-likeness (QED) is 0.556. The van der Waals surface area contributed by atoms with E-state index in [0.29, 0.717) is 20.8 Å². The molecule has 3 rings (SSSR count). The highest BCUT2D eigenvalue weighted by molar-refractivity contribution is 9.10. The first-order chi connectivity index (χ1) is 9.60. The summed E-state index contributed by atoms with van der Waals surface area (Å²) >= 11 is 15.2. The maximum atomic E-state index is 13.6. The highest BCUT2D eigenvalue weighted by Gasteiger charge is 2.14. The van der Waals surface area contributed by atoms with E-state index < -0.39 is 0 Å². The van der Waals surface area contributed by atoms with Gasteiger partial charge in [-0.25, -0.2) is 9.37 Å². The molecule has 20 heavy (non-hydrogen) atoms. The van der Waals surface area contributed by atoms with Crippen molar-refractivity contribution in [1.29, 1.82) is 0 Å².